The number of carboxylic acid groups (broad SMARTS) is 1. The van der Waals surface area contributed by atoms with Gasteiger partial charge in [-0.05, 0) is 20.8 Å². The van der Waals surface area contributed by atoms with E-state index in [-0.39, 0.29) is 19.5 Å². The zero-order valence-corrected chi connectivity index (χ0v) is 11.0. The lowest BCUT2D eigenvalue weighted by atomic mass is 10.1. The largest absolute Gasteiger partial charge is 0.479 e. The van der Waals surface area contributed by atoms with Gasteiger partial charge >= 0.3 is 12.0 Å². The van der Waals surface area contributed by atoms with Crippen molar-refractivity contribution in [3.8, 4) is 0 Å². The van der Waals surface area contributed by atoms with Crippen LogP contribution >= 0.6 is 0 Å². The van der Waals surface area contributed by atoms with Crippen molar-refractivity contribution in [2.24, 2.45) is 0 Å². The summed E-state index contributed by atoms with van der Waals surface area (Å²) in [6, 6.07) is -0.391. The van der Waals surface area contributed by atoms with E-state index < -0.39 is 23.7 Å². The zero-order chi connectivity index (χ0) is 14.3. The molecular weight excluding hydrogens is 240 g/mol. The van der Waals surface area contributed by atoms with Crippen molar-refractivity contribution in [2.75, 3.05) is 19.6 Å². The van der Waals surface area contributed by atoms with Crippen LogP contribution in [0.25, 0.3) is 0 Å². The highest BCUT2D eigenvalue weighted by molar-refractivity contribution is 5.74. The van der Waals surface area contributed by atoms with Gasteiger partial charge in [-0.1, -0.05) is 0 Å². The monoisotopic (exact) mass is 262 g/mol. The summed E-state index contributed by atoms with van der Waals surface area (Å²) in [5.74, 6) is -1.31. The van der Waals surface area contributed by atoms with E-state index in [2.05, 4.69) is 5.32 Å². The Kier molecular flexibility index (Phi) is 6.64. The van der Waals surface area contributed by atoms with Gasteiger partial charge in [-0.3, -0.25) is 0 Å². The molecule has 7 heteroatoms. The summed E-state index contributed by atoms with van der Waals surface area (Å²) >= 11 is 0. The number of hydrogen-bond donors (Lipinski definition) is 4. The summed E-state index contributed by atoms with van der Waals surface area (Å²) in [6.07, 6.45) is -1.53. The van der Waals surface area contributed by atoms with Crippen LogP contribution in [0, 0.1) is 0 Å². The van der Waals surface area contributed by atoms with E-state index in [1.165, 1.54) is 4.90 Å². The minimum absolute atomic E-state index is 0.0544. The molecule has 0 aromatic rings. The summed E-state index contributed by atoms with van der Waals surface area (Å²) in [5.41, 5.74) is -0.992. The van der Waals surface area contributed by atoms with Gasteiger partial charge in [-0.25, -0.2) is 9.59 Å². The molecule has 0 aromatic carbocycles. The van der Waals surface area contributed by atoms with Gasteiger partial charge in [0.25, 0.3) is 0 Å². The van der Waals surface area contributed by atoms with Crippen molar-refractivity contribution >= 4 is 12.0 Å². The maximum Gasteiger partial charge on any atom is 0.332 e. The number of aliphatic hydroxyl groups excluding tert-OH is 1. The van der Waals surface area contributed by atoms with Gasteiger partial charge in [0.1, 0.15) is 0 Å². The Hall–Kier alpha value is -1.34. The molecule has 106 valence electrons. The van der Waals surface area contributed by atoms with Crippen LogP contribution in [0.2, 0.25) is 0 Å². The molecule has 0 saturated carbocycles. The smallest absolute Gasteiger partial charge is 0.332 e. The van der Waals surface area contributed by atoms with Crippen LogP contribution in [-0.2, 0) is 4.79 Å². The minimum Gasteiger partial charge on any atom is -0.479 e. The van der Waals surface area contributed by atoms with Gasteiger partial charge in [0.15, 0.2) is 6.10 Å². The number of urea groups is 1. The molecule has 0 heterocycles. The van der Waals surface area contributed by atoms with Gasteiger partial charge in [-0.2, -0.15) is 0 Å². The highest BCUT2D eigenvalue weighted by atomic mass is 16.4. The third-order valence-electron chi connectivity index (χ3n) is 2.23. The number of aliphatic hydroxyl groups is 2. The Labute approximate surface area is 106 Å². The lowest BCUT2D eigenvalue weighted by Gasteiger charge is -2.28. The van der Waals surface area contributed by atoms with Crippen LogP contribution in [0.15, 0.2) is 0 Å². The van der Waals surface area contributed by atoms with E-state index in [0.29, 0.717) is 6.54 Å². The zero-order valence-electron chi connectivity index (χ0n) is 11.0. The number of hydrogen-bond acceptors (Lipinski definition) is 4. The number of carbonyl (C=O) groups is 2. The van der Waals surface area contributed by atoms with Crippen molar-refractivity contribution in [3.05, 3.63) is 0 Å². The first-order chi connectivity index (χ1) is 8.17. The number of likely N-dealkylation sites (N-methyl/N-ethyl adjacent to an activating group) is 1. The first kappa shape index (κ1) is 16.7. The predicted octanol–water partition coefficient (Wildman–Crippen LogP) is -0.376. The summed E-state index contributed by atoms with van der Waals surface area (Å²) in [7, 11) is 0. The normalized spacial score (nSPS) is 12.9. The van der Waals surface area contributed by atoms with E-state index in [1.807, 2.05) is 0 Å². The minimum atomic E-state index is -1.48. The van der Waals surface area contributed by atoms with Crippen molar-refractivity contribution in [1.29, 1.82) is 0 Å². The molecule has 0 aliphatic rings. The number of rotatable bonds is 7. The van der Waals surface area contributed by atoms with Gasteiger partial charge in [0.05, 0.1) is 12.1 Å². The second-order valence-electron chi connectivity index (χ2n) is 4.70. The molecule has 0 fully saturated rings. The lowest BCUT2D eigenvalue weighted by molar-refractivity contribution is -0.146. The number of aliphatic carboxylic acids is 1. The van der Waals surface area contributed by atoms with Crippen LogP contribution < -0.4 is 5.32 Å². The van der Waals surface area contributed by atoms with Gasteiger partial charge in [-0.15, -0.1) is 0 Å². The van der Waals surface area contributed by atoms with E-state index in [9.17, 15) is 14.7 Å². The molecule has 0 rings (SSSR count). The highest BCUT2D eigenvalue weighted by Crippen LogP contribution is 2.04. The number of nitrogens with one attached hydrogen (secondary N) is 1. The summed E-state index contributed by atoms with van der Waals surface area (Å²) < 4.78 is 0. The average Bonchev–Trinajstić information content (AvgIpc) is 2.23. The average molecular weight is 262 g/mol. The predicted molar refractivity (Wildman–Crippen MR) is 65.2 cm³/mol. The topological polar surface area (TPSA) is 110 Å². The summed E-state index contributed by atoms with van der Waals surface area (Å²) in [5, 5.41) is 29.6. The maximum absolute atomic E-state index is 11.7. The molecule has 0 saturated heterocycles. The van der Waals surface area contributed by atoms with E-state index in [4.69, 9.17) is 10.2 Å². The number of carbonyl (C=O) groups excluding carboxylic acids is 1. The Morgan fingerprint density at radius 3 is 2.33 bits per heavy atom. The van der Waals surface area contributed by atoms with Crippen LogP contribution in [0.5, 0.6) is 0 Å². The summed E-state index contributed by atoms with van der Waals surface area (Å²) in [4.78, 5) is 23.4. The number of nitrogens with zero attached hydrogens (tertiary/aromatic N) is 1. The molecule has 4 N–H and O–H groups in total. The van der Waals surface area contributed by atoms with Gasteiger partial charge in [0.2, 0.25) is 0 Å². The van der Waals surface area contributed by atoms with Crippen LogP contribution in [0.1, 0.15) is 27.2 Å². The first-order valence-corrected chi connectivity index (χ1v) is 5.83. The fourth-order valence-corrected chi connectivity index (χ4v) is 1.35. The van der Waals surface area contributed by atoms with Crippen molar-refractivity contribution in [1.82, 2.24) is 10.2 Å². The third kappa shape index (κ3) is 7.08. The van der Waals surface area contributed by atoms with Crippen molar-refractivity contribution < 1.29 is 24.9 Å². The van der Waals surface area contributed by atoms with E-state index in [0.717, 1.165) is 0 Å². The molecular formula is C11H22N2O5. The van der Waals surface area contributed by atoms with Crippen molar-refractivity contribution in [2.45, 2.75) is 38.9 Å². The molecule has 1 atom stereocenters. The van der Waals surface area contributed by atoms with E-state index in [1.54, 1.807) is 20.8 Å². The number of carboxylic acids is 1. The molecule has 0 aliphatic heterocycles. The standard InChI is InChI=1S/C11H22N2O5/c1-4-13(7-11(2,3)18)10(17)12-6-5-8(14)9(15)16/h8,14,18H,4-7H2,1-3H3,(H,12,17)(H,15,16)/t8-/m0/s1. The second-order valence-corrected chi connectivity index (χ2v) is 4.70. The highest BCUT2D eigenvalue weighted by Gasteiger charge is 2.21. The van der Waals surface area contributed by atoms with E-state index >= 15 is 0 Å². The maximum atomic E-state index is 11.7. The molecule has 0 spiro atoms. The molecule has 0 radical (unpaired) electrons. The van der Waals surface area contributed by atoms with Gasteiger partial charge < -0.3 is 25.5 Å². The van der Waals surface area contributed by atoms with Crippen LogP contribution in [-0.4, -0.2) is 63.6 Å². The molecule has 0 bridgehead atoms. The van der Waals surface area contributed by atoms with Crippen LogP contribution in [0.3, 0.4) is 0 Å². The second kappa shape index (κ2) is 7.17. The molecule has 7 nitrogen and oxygen atoms in total. The number of amides is 2. The third-order valence-corrected chi connectivity index (χ3v) is 2.23. The first-order valence-electron chi connectivity index (χ1n) is 5.83. The molecule has 2 amide bonds. The molecule has 0 aromatic heterocycles. The summed E-state index contributed by atoms with van der Waals surface area (Å²) in [6.45, 7) is 5.63. The lowest BCUT2D eigenvalue weighted by Crippen LogP contribution is -2.47. The molecule has 0 unspecified atom stereocenters. The van der Waals surface area contributed by atoms with Gasteiger partial charge in [0, 0.05) is 19.5 Å². The molecule has 0 aliphatic carbocycles. The fraction of sp³-hybridized carbons (Fsp3) is 0.818. The Bertz CT molecular complexity index is 288. The Morgan fingerprint density at radius 2 is 1.94 bits per heavy atom. The Morgan fingerprint density at radius 1 is 1.39 bits per heavy atom. The quantitative estimate of drug-likeness (QED) is 0.500. The van der Waals surface area contributed by atoms with Crippen LogP contribution in [0.4, 0.5) is 4.79 Å². The molecule has 18 heavy (non-hydrogen) atoms. The fourth-order valence-electron chi connectivity index (χ4n) is 1.35. The van der Waals surface area contributed by atoms with Crippen molar-refractivity contribution in [3.63, 3.8) is 0 Å². The Balaban J connectivity index is 4.10. The SMILES string of the molecule is CCN(CC(C)(C)O)C(=O)NCC[C@H](O)C(=O)O.